The standard InChI is InChI=1S/C16H18ClNO/c1-3-19-14-10-5-4-8-12(14)16(18)13-9-6-7-11(2)15(13)17/h4-10,16H,3,18H2,1-2H3. The summed E-state index contributed by atoms with van der Waals surface area (Å²) in [5, 5.41) is 0.723. The largest absolute Gasteiger partial charge is 0.494 e. The number of hydrogen-bond donors (Lipinski definition) is 1. The van der Waals surface area contributed by atoms with Crippen LogP contribution in [0.2, 0.25) is 5.02 Å². The van der Waals surface area contributed by atoms with E-state index in [-0.39, 0.29) is 6.04 Å². The maximum Gasteiger partial charge on any atom is 0.124 e. The molecule has 1 unspecified atom stereocenters. The molecule has 0 bridgehead atoms. The second kappa shape index (κ2) is 6.09. The SMILES string of the molecule is CCOc1ccccc1C(N)c1cccc(C)c1Cl. The number of para-hydroxylation sites is 1. The summed E-state index contributed by atoms with van der Waals surface area (Å²) >= 11 is 6.35. The Morgan fingerprint density at radius 2 is 1.79 bits per heavy atom. The van der Waals surface area contributed by atoms with Gasteiger partial charge in [0, 0.05) is 10.6 Å². The molecule has 100 valence electrons. The van der Waals surface area contributed by atoms with Gasteiger partial charge in [-0.05, 0) is 31.0 Å². The molecule has 0 aliphatic carbocycles. The highest BCUT2D eigenvalue weighted by molar-refractivity contribution is 6.32. The molecular formula is C16H18ClNO. The third-order valence-corrected chi connectivity index (χ3v) is 3.63. The third-order valence-electron chi connectivity index (χ3n) is 3.11. The van der Waals surface area contributed by atoms with Crippen molar-refractivity contribution < 1.29 is 4.74 Å². The first-order valence-electron chi connectivity index (χ1n) is 6.37. The number of ether oxygens (including phenoxy) is 1. The molecule has 2 nitrogen and oxygen atoms in total. The Morgan fingerprint density at radius 1 is 1.11 bits per heavy atom. The lowest BCUT2D eigenvalue weighted by atomic mass is 9.97. The Kier molecular flexibility index (Phi) is 4.46. The zero-order valence-corrected chi connectivity index (χ0v) is 11.9. The average molecular weight is 276 g/mol. The smallest absolute Gasteiger partial charge is 0.124 e. The van der Waals surface area contributed by atoms with Crippen molar-refractivity contribution in [2.24, 2.45) is 5.73 Å². The van der Waals surface area contributed by atoms with E-state index >= 15 is 0 Å². The van der Waals surface area contributed by atoms with Crippen molar-refractivity contribution in [2.75, 3.05) is 6.61 Å². The molecule has 1 atom stereocenters. The number of aryl methyl sites for hydroxylation is 1. The van der Waals surface area contributed by atoms with Crippen LogP contribution in [0.3, 0.4) is 0 Å². The lowest BCUT2D eigenvalue weighted by Crippen LogP contribution is -2.14. The zero-order valence-electron chi connectivity index (χ0n) is 11.2. The molecule has 3 heteroatoms. The van der Waals surface area contributed by atoms with Crippen molar-refractivity contribution >= 4 is 11.6 Å². The summed E-state index contributed by atoms with van der Waals surface area (Å²) in [6.07, 6.45) is 0. The lowest BCUT2D eigenvalue weighted by molar-refractivity contribution is 0.335. The topological polar surface area (TPSA) is 35.2 Å². The fourth-order valence-electron chi connectivity index (χ4n) is 2.10. The van der Waals surface area contributed by atoms with E-state index in [0.29, 0.717) is 6.61 Å². The van der Waals surface area contributed by atoms with Gasteiger partial charge in [-0.25, -0.2) is 0 Å². The van der Waals surface area contributed by atoms with Crippen LogP contribution in [0.25, 0.3) is 0 Å². The van der Waals surface area contributed by atoms with Crippen molar-refractivity contribution in [2.45, 2.75) is 19.9 Å². The first kappa shape index (κ1) is 13.9. The minimum absolute atomic E-state index is 0.282. The highest BCUT2D eigenvalue weighted by Crippen LogP contribution is 2.33. The summed E-state index contributed by atoms with van der Waals surface area (Å²) in [5.74, 6) is 0.815. The van der Waals surface area contributed by atoms with Crippen LogP contribution in [0.1, 0.15) is 29.7 Å². The number of halogens is 1. The van der Waals surface area contributed by atoms with Gasteiger partial charge in [0.2, 0.25) is 0 Å². The van der Waals surface area contributed by atoms with Gasteiger partial charge in [-0.15, -0.1) is 0 Å². The van der Waals surface area contributed by atoms with Gasteiger partial charge in [0.1, 0.15) is 5.75 Å². The fourth-order valence-corrected chi connectivity index (χ4v) is 2.35. The number of benzene rings is 2. The Labute approximate surface area is 119 Å². The number of rotatable bonds is 4. The Balaban J connectivity index is 2.44. The average Bonchev–Trinajstić information content (AvgIpc) is 2.42. The monoisotopic (exact) mass is 275 g/mol. The summed E-state index contributed by atoms with van der Waals surface area (Å²) in [5.41, 5.74) is 9.26. The van der Waals surface area contributed by atoms with E-state index in [1.165, 1.54) is 0 Å². The predicted octanol–water partition coefficient (Wildman–Crippen LogP) is 4.10. The third kappa shape index (κ3) is 2.91. The summed E-state index contributed by atoms with van der Waals surface area (Å²) < 4.78 is 5.63. The van der Waals surface area contributed by atoms with Gasteiger partial charge in [-0.3, -0.25) is 0 Å². The van der Waals surface area contributed by atoms with Gasteiger partial charge in [-0.2, -0.15) is 0 Å². The van der Waals surface area contributed by atoms with Crippen molar-refractivity contribution in [3.8, 4) is 5.75 Å². The van der Waals surface area contributed by atoms with E-state index in [9.17, 15) is 0 Å². The molecule has 0 aliphatic heterocycles. The zero-order chi connectivity index (χ0) is 13.8. The number of nitrogens with two attached hydrogens (primary N) is 1. The van der Waals surface area contributed by atoms with Gasteiger partial charge in [0.05, 0.1) is 12.6 Å². The number of hydrogen-bond acceptors (Lipinski definition) is 2. The molecule has 0 spiro atoms. The maximum atomic E-state index is 6.35. The van der Waals surface area contributed by atoms with Crippen LogP contribution in [0.15, 0.2) is 42.5 Å². The van der Waals surface area contributed by atoms with Crippen LogP contribution < -0.4 is 10.5 Å². The molecule has 0 saturated heterocycles. The van der Waals surface area contributed by atoms with E-state index in [4.69, 9.17) is 22.1 Å². The fraction of sp³-hybridized carbons (Fsp3) is 0.250. The Bertz CT molecular complexity index is 568. The highest BCUT2D eigenvalue weighted by Gasteiger charge is 2.17. The van der Waals surface area contributed by atoms with Gasteiger partial charge in [-0.1, -0.05) is 48.0 Å². The molecule has 0 fully saturated rings. The van der Waals surface area contributed by atoms with Gasteiger partial charge in [0.25, 0.3) is 0 Å². The molecular weight excluding hydrogens is 258 g/mol. The molecule has 0 radical (unpaired) electrons. The van der Waals surface area contributed by atoms with E-state index in [1.807, 2.05) is 56.3 Å². The Hall–Kier alpha value is -1.51. The van der Waals surface area contributed by atoms with E-state index < -0.39 is 0 Å². The van der Waals surface area contributed by atoms with Gasteiger partial charge < -0.3 is 10.5 Å². The Morgan fingerprint density at radius 3 is 2.53 bits per heavy atom. The van der Waals surface area contributed by atoms with Crippen molar-refractivity contribution in [3.05, 3.63) is 64.2 Å². The van der Waals surface area contributed by atoms with Crippen LogP contribution in [-0.4, -0.2) is 6.61 Å². The summed E-state index contributed by atoms with van der Waals surface area (Å²) in [6.45, 7) is 4.56. The van der Waals surface area contributed by atoms with Gasteiger partial charge in [0.15, 0.2) is 0 Å². The van der Waals surface area contributed by atoms with Gasteiger partial charge >= 0.3 is 0 Å². The van der Waals surface area contributed by atoms with E-state index in [2.05, 4.69) is 0 Å². The highest BCUT2D eigenvalue weighted by atomic mass is 35.5. The second-order valence-corrected chi connectivity index (χ2v) is 4.80. The predicted molar refractivity (Wildman–Crippen MR) is 79.8 cm³/mol. The van der Waals surface area contributed by atoms with Crippen molar-refractivity contribution in [1.82, 2.24) is 0 Å². The van der Waals surface area contributed by atoms with E-state index in [1.54, 1.807) is 0 Å². The molecule has 0 heterocycles. The lowest BCUT2D eigenvalue weighted by Gasteiger charge is -2.18. The van der Waals surface area contributed by atoms with Crippen LogP contribution in [0.5, 0.6) is 5.75 Å². The minimum Gasteiger partial charge on any atom is -0.494 e. The van der Waals surface area contributed by atoms with Crippen LogP contribution >= 0.6 is 11.6 Å². The van der Waals surface area contributed by atoms with Crippen molar-refractivity contribution in [1.29, 1.82) is 0 Å². The summed E-state index contributed by atoms with van der Waals surface area (Å²) in [4.78, 5) is 0. The first-order chi connectivity index (χ1) is 9.15. The first-order valence-corrected chi connectivity index (χ1v) is 6.75. The summed E-state index contributed by atoms with van der Waals surface area (Å²) in [6, 6.07) is 13.4. The molecule has 2 rings (SSSR count). The molecule has 0 aromatic heterocycles. The van der Waals surface area contributed by atoms with Crippen LogP contribution in [0, 0.1) is 6.92 Å². The molecule has 2 aromatic carbocycles. The molecule has 2 N–H and O–H groups in total. The van der Waals surface area contributed by atoms with Crippen molar-refractivity contribution in [3.63, 3.8) is 0 Å². The second-order valence-electron chi connectivity index (χ2n) is 4.43. The normalized spacial score (nSPS) is 12.2. The molecule has 0 saturated carbocycles. The van der Waals surface area contributed by atoms with Crippen LogP contribution in [0.4, 0.5) is 0 Å². The molecule has 0 amide bonds. The summed E-state index contributed by atoms with van der Waals surface area (Å²) in [7, 11) is 0. The minimum atomic E-state index is -0.282. The maximum absolute atomic E-state index is 6.35. The van der Waals surface area contributed by atoms with E-state index in [0.717, 1.165) is 27.5 Å². The van der Waals surface area contributed by atoms with Crippen LogP contribution in [-0.2, 0) is 0 Å². The molecule has 2 aromatic rings. The quantitative estimate of drug-likeness (QED) is 0.912. The molecule has 19 heavy (non-hydrogen) atoms. The molecule has 0 aliphatic rings.